The molecule has 132 valence electrons. The van der Waals surface area contributed by atoms with Crippen LogP contribution in [0.25, 0.3) is 0 Å². The van der Waals surface area contributed by atoms with Gasteiger partial charge in [-0.25, -0.2) is 0 Å². The predicted molar refractivity (Wildman–Crippen MR) is 103 cm³/mol. The van der Waals surface area contributed by atoms with Crippen LogP contribution in [0.15, 0.2) is 24.3 Å². The lowest BCUT2D eigenvalue weighted by Gasteiger charge is -2.28. The largest absolute Gasteiger partial charge is 0.339 e. The summed E-state index contributed by atoms with van der Waals surface area (Å²) < 4.78 is -1.83. The maximum Gasteiger partial charge on any atom is 0.252 e. The van der Waals surface area contributed by atoms with Crippen LogP contribution in [0, 0.1) is 5.92 Å². The third-order valence-electron chi connectivity index (χ3n) is 2.76. The van der Waals surface area contributed by atoms with E-state index in [9.17, 15) is 9.59 Å². The molecule has 5 nitrogen and oxygen atoms in total. The molecule has 1 atom stereocenters. The standard InChI is InChI=1S/C14H15Cl4N3O2S/c1-7(2)11(23)20-12(14(16,17)18)21-13(24)19-9-5-3-4-8(6-9)10(15)22/h3-7,12H,1-2H3,(H,20,23)(H2,19,21,24). The first-order chi connectivity index (χ1) is 11.0. The molecule has 3 N–H and O–H groups in total. The van der Waals surface area contributed by atoms with Crippen LogP contribution in [0.1, 0.15) is 24.2 Å². The fourth-order valence-corrected chi connectivity index (χ4v) is 2.21. The summed E-state index contributed by atoms with van der Waals surface area (Å²) in [6.45, 7) is 3.41. The normalized spacial score (nSPS) is 12.5. The molecule has 0 aliphatic carbocycles. The van der Waals surface area contributed by atoms with Crippen LogP contribution in [0.5, 0.6) is 0 Å². The van der Waals surface area contributed by atoms with Crippen molar-refractivity contribution in [1.29, 1.82) is 0 Å². The minimum atomic E-state index is -1.83. The summed E-state index contributed by atoms with van der Waals surface area (Å²) in [4.78, 5) is 23.0. The van der Waals surface area contributed by atoms with Gasteiger partial charge in [0.25, 0.3) is 5.24 Å². The molecular formula is C14H15Cl4N3O2S. The van der Waals surface area contributed by atoms with Gasteiger partial charge < -0.3 is 16.0 Å². The number of thiocarbonyl (C=S) groups is 1. The molecule has 1 unspecified atom stereocenters. The zero-order valence-corrected chi connectivity index (χ0v) is 16.5. The van der Waals surface area contributed by atoms with Gasteiger partial charge in [0.15, 0.2) is 5.11 Å². The van der Waals surface area contributed by atoms with Crippen LogP contribution in [0.4, 0.5) is 5.69 Å². The van der Waals surface area contributed by atoms with Gasteiger partial charge >= 0.3 is 0 Å². The Hall–Kier alpha value is -0.790. The first-order valence-corrected chi connectivity index (χ1v) is 8.67. The molecule has 24 heavy (non-hydrogen) atoms. The Balaban J connectivity index is 2.80. The van der Waals surface area contributed by atoms with E-state index in [2.05, 4.69) is 16.0 Å². The lowest BCUT2D eigenvalue weighted by Crippen LogP contribution is -2.56. The molecule has 0 bridgehead atoms. The van der Waals surface area contributed by atoms with E-state index in [1.165, 1.54) is 6.07 Å². The average Bonchev–Trinajstić information content (AvgIpc) is 2.45. The van der Waals surface area contributed by atoms with Crippen molar-refractivity contribution in [3.8, 4) is 0 Å². The highest BCUT2D eigenvalue weighted by Crippen LogP contribution is 2.29. The van der Waals surface area contributed by atoms with Crippen LogP contribution >= 0.6 is 58.6 Å². The number of carbonyl (C=O) groups is 2. The molecule has 1 amide bonds. The molecule has 1 rings (SSSR count). The summed E-state index contributed by atoms with van der Waals surface area (Å²) in [7, 11) is 0. The molecule has 0 aromatic heterocycles. The van der Waals surface area contributed by atoms with E-state index in [4.69, 9.17) is 58.6 Å². The minimum absolute atomic E-state index is 0.0922. The number of alkyl halides is 3. The maximum atomic E-state index is 11.8. The van der Waals surface area contributed by atoms with E-state index < -0.39 is 15.2 Å². The van der Waals surface area contributed by atoms with E-state index in [0.29, 0.717) is 11.3 Å². The first-order valence-electron chi connectivity index (χ1n) is 6.75. The molecule has 0 radical (unpaired) electrons. The highest BCUT2D eigenvalue weighted by molar-refractivity contribution is 7.80. The van der Waals surface area contributed by atoms with E-state index >= 15 is 0 Å². The van der Waals surface area contributed by atoms with Gasteiger partial charge in [-0.15, -0.1) is 0 Å². The van der Waals surface area contributed by atoms with Gasteiger partial charge in [-0.1, -0.05) is 54.7 Å². The highest BCUT2D eigenvalue weighted by Gasteiger charge is 2.35. The molecule has 0 saturated heterocycles. The Bertz CT molecular complexity index is 635. The van der Waals surface area contributed by atoms with E-state index in [1.807, 2.05) is 0 Å². The van der Waals surface area contributed by atoms with Crippen molar-refractivity contribution in [2.75, 3.05) is 5.32 Å². The van der Waals surface area contributed by atoms with E-state index in [0.717, 1.165) is 0 Å². The number of hydrogen-bond acceptors (Lipinski definition) is 3. The molecule has 0 saturated carbocycles. The number of carbonyl (C=O) groups excluding carboxylic acids is 2. The van der Waals surface area contributed by atoms with Crippen molar-refractivity contribution in [3.05, 3.63) is 29.8 Å². The number of anilines is 1. The third-order valence-corrected chi connectivity index (χ3v) is 3.85. The van der Waals surface area contributed by atoms with Crippen molar-refractivity contribution in [1.82, 2.24) is 10.6 Å². The van der Waals surface area contributed by atoms with Crippen LogP contribution in [0.3, 0.4) is 0 Å². The molecule has 0 heterocycles. The minimum Gasteiger partial charge on any atom is -0.339 e. The number of hydrogen-bond donors (Lipinski definition) is 3. The molecule has 0 aliphatic heterocycles. The van der Waals surface area contributed by atoms with Crippen LogP contribution in [0.2, 0.25) is 0 Å². The van der Waals surface area contributed by atoms with Crippen molar-refractivity contribution in [2.24, 2.45) is 5.92 Å². The SMILES string of the molecule is CC(C)C(=O)NC(NC(=S)Nc1cccc(C(=O)Cl)c1)C(Cl)(Cl)Cl. The van der Waals surface area contributed by atoms with Gasteiger partial charge in [0.05, 0.1) is 0 Å². The fourth-order valence-electron chi connectivity index (χ4n) is 1.53. The topological polar surface area (TPSA) is 70.2 Å². The summed E-state index contributed by atoms with van der Waals surface area (Å²) in [6, 6.07) is 6.38. The van der Waals surface area contributed by atoms with Crippen LogP contribution in [-0.2, 0) is 4.79 Å². The Morgan fingerprint density at radius 3 is 2.29 bits per heavy atom. The van der Waals surface area contributed by atoms with Gasteiger partial charge in [0, 0.05) is 17.2 Å². The summed E-state index contributed by atoms with van der Waals surface area (Å²) in [5.74, 6) is -0.606. The molecular weight excluding hydrogens is 416 g/mol. The summed E-state index contributed by atoms with van der Waals surface area (Å²) in [6.07, 6.45) is -1.05. The van der Waals surface area contributed by atoms with Gasteiger partial charge in [0.2, 0.25) is 9.70 Å². The fraction of sp³-hybridized carbons (Fsp3) is 0.357. The maximum absolute atomic E-state index is 11.8. The Kier molecular flexibility index (Phi) is 8.02. The molecule has 1 aromatic rings. The Morgan fingerprint density at radius 1 is 1.17 bits per heavy atom. The second kappa shape index (κ2) is 9.06. The average molecular weight is 431 g/mol. The van der Waals surface area contributed by atoms with Crippen molar-refractivity contribution in [2.45, 2.75) is 23.8 Å². The van der Waals surface area contributed by atoms with Crippen LogP contribution < -0.4 is 16.0 Å². The smallest absolute Gasteiger partial charge is 0.252 e. The van der Waals surface area contributed by atoms with Gasteiger partial charge in [-0.05, 0) is 42.0 Å². The van der Waals surface area contributed by atoms with E-state index in [1.54, 1.807) is 32.0 Å². The summed E-state index contributed by atoms with van der Waals surface area (Å²) >= 11 is 28.2. The number of benzene rings is 1. The molecule has 0 aliphatic rings. The van der Waals surface area contributed by atoms with Gasteiger partial charge in [-0.2, -0.15) is 0 Å². The monoisotopic (exact) mass is 429 g/mol. The molecule has 0 spiro atoms. The predicted octanol–water partition coefficient (Wildman–Crippen LogP) is 3.82. The molecule has 0 fully saturated rings. The number of nitrogens with one attached hydrogen (secondary N) is 3. The second-order valence-electron chi connectivity index (χ2n) is 5.09. The highest BCUT2D eigenvalue weighted by atomic mass is 35.6. The summed E-state index contributed by atoms with van der Waals surface area (Å²) in [5, 5.41) is 7.59. The lowest BCUT2D eigenvalue weighted by atomic mass is 10.2. The second-order valence-corrected chi connectivity index (χ2v) is 8.21. The molecule has 1 aromatic carbocycles. The number of amides is 1. The first kappa shape index (κ1) is 21.3. The van der Waals surface area contributed by atoms with Crippen molar-refractivity contribution >= 4 is 80.6 Å². The lowest BCUT2D eigenvalue weighted by molar-refractivity contribution is -0.124. The van der Waals surface area contributed by atoms with Crippen molar-refractivity contribution in [3.63, 3.8) is 0 Å². The third kappa shape index (κ3) is 6.99. The van der Waals surface area contributed by atoms with Crippen LogP contribution in [-0.4, -0.2) is 26.2 Å². The summed E-state index contributed by atoms with van der Waals surface area (Å²) in [5.41, 5.74) is 0.813. The number of halogens is 4. The zero-order valence-electron chi connectivity index (χ0n) is 12.7. The molecule has 10 heteroatoms. The quantitative estimate of drug-likeness (QED) is 0.286. The van der Waals surface area contributed by atoms with Gasteiger partial charge in [-0.3, -0.25) is 9.59 Å². The zero-order chi connectivity index (χ0) is 18.5. The van der Waals surface area contributed by atoms with Gasteiger partial charge in [0.1, 0.15) is 6.17 Å². The number of rotatable bonds is 5. The van der Waals surface area contributed by atoms with Crippen molar-refractivity contribution < 1.29 is 9.59 Å². The van der Waals surface area contributed by atoms with E-state index in [-0.39, 0.29) is 16.9 Å². The Morgan fingerprint density at radius 2 is 1.79 bits per heavy atom. The Labute approximate surface area is 165 Å².